The fourth-order valence-corrected chi connectivity index (χ4v) is 2.51. The molecule has 0 heterocycles. The number of nitrogens with zero attached hydrogens (tertiary/aromatic N) is 1. The molecule has 0 aliphatic rings. The maximum absolute atomic E-state index is 11.9. The lowest BCUT2D eigenvalue weighted by Crippen LogP contribution is -2.30. The second kappa shape index (κ2) is 12.3. The molecule has 0 radical (unpaired) electrons. The van der Waals surface area contributed by atoms with Gasteiger partial charge in [0.1, 0.15) is 0 Å². The smallest absolute Gasteiger partial charge is 0.239 e. The Balaban J connectivity index is 2.26. The summed E-state index contributed by atoms with van der Waals surface area (Å²) in [5, 5.41) is 6.09. The Labute approximate surface area is 152 Å². The van der Waals surface area contributed by atoms with Crippen molar-refractivity contribution in [3.05, 3.63) is 29.8 Å². The normalized spacial score (nSPS) is 10.4. The molecule has 0 bridgehead atoms. The quantitative estimate of drug-likeness (QED) is 0.571. The minimum atomic E-state index is 0.0173. The van der Waals surface area contributed by atoms with E-state index in [1.807, 2.05) is 24.3 Å². The van der Waals surface area contributed by atoms with Gasteiger partial charge in [-0.1, -0.05) is 44.7 Å². The average Bonchev–Trinajstić information content (AvgIpc) is 2.61. The van der Waals surface area contributed by atoms with Crippen LogP contribution in [0.3, 0.4) is 0 Å². The van der Waals surface area contributed by atoms with Crippen molar-refractivity contribution >= 4 is 17.5 Å². The van der Waals surface area contributed by atoms with Crippen LogP contribution in [-0.2, 0) is 16.0 Å². The first-order valence-corrected chi connectivity index (χ1v) is 9.32. The summed E-state index contributed by atoms with van der Waals surface area (Å²) in [6.07, 6.45) is 7.17. The summed E-state index contributed by atoms with van der Waals surface area (Å²) < 4.78 is 0. The standard InChI is InChI=1S/C20H33N3O2/c1-4-5-6-7-8-14-21-19(24)16-22-18-11-9-10-17(15-18)12-13-20(25)23(2)3/h9-11,15,22H,4-8,12-14,16H2,1-3H3,(H,21,24). The molecule has 0 fully saturated rings. The summed E-state index contributed by atoms with van der Waals surface area (Å²) in [4.78, 5) is 25.1. The molecule has 2 amide bonds. The minimum absolute atomic E-state index is 0.0173. The number of hydrogen-bond acceptors (Lipinski definition) is 3. The number of carbonyl (C=O) groups excluding carboxylic acids is 2. The molecule has 0 saturated heterocycles. The van der Waals surface area contributed by atoms with Gasteiger partial charge in [-0.05, 0) is 30.5 Å². The van der Waals surface area contributed by atoms with Gasteiger partial charge in [0.15, 0.2) is 0 Å². The average molecular weight is 348 g/mol. The summed E-state index contributed by atoms with van der Waals surface area (Å²) >= 11 is 0. The summed E-state index contributed by atoms with van der Waals surface area (Å²) in [6, 6.07) is 7.89. The topological polar surface area (TPSA) is 61.4 Å². The van der Waals surface area contributed by atoms with E-state index < -0.39 is 0 Å². The van der Waals surface area contributed by atoms with E-state index in [1.54, 1.807) is 19.0 Å². The highest BCUT2D eigenvalue weighted by Gasteiger charge is 2.05. The third-order valence-electron chi connectivity index (χ3n) is 4.11. The highest BCUT2D eigenvalue weighted by molar-refractivity contribution is 5.80. The van der Waals surface area contributed by atoms with Crippen LogP contribution in [0, 0.1) is 0 Å². The molecule has 2 N–H and O–H groups in total. The second-order valence-corrected chi connectivity index (χ2v) is 6.61. The van der Waals surface area contributed by atoms with Crippen LogP contribution in [0.25, 0.3) is 0 Å². The highest BCUT2D eigenvalue weighted by atomic mass is 16.2. The lowest BCUT2D eigenvalue weighted by Gasteiger charge is -2.11. The third-order valence-corrected chi connectivity index (χ3v) is 4.11. The van der Waals surface area contributed by atoms with Gasteiger partial charge in [-0.3, -0.25) is 9.59 Å². The van der Waals surface area contributed by atoms with E-state index >= 15 is 0 Å². The molecule has 140 valence electrons. The zero-order chi connectivity index (χ0) is 18.5. The molecule has 0 atom stereocenters. The molecular weight excluding hydrogens is 314 g/mol. The van der Waals surface area contributed by atoms with Gasteiger partial charge in [0, 0.05) is 32.7 Å². The number of rotatable bonds is 12. The van der Waals surface area contributed by atoms with Gasteiger partial charge in [-0.15, -0.1) is 0 Å². The van der Waals surface area contributed by atoms with Crippen molar-refractivity contribution in [2.75, 3.05) is 32.5 Å². The molecule has 0 aliphatic heterocycles. The third kappa shape index (κ3) is 9.75. The maximum atomic E-state index is 11.9. The number of unbranched alkanes of at least 4 members (excludes halogenated alkanes) is 4. The first kappa shape index (κ1) is 21.0. The lowest BCUT2D eigenvalue weighted by molar-refractivity contribution is -0.128. The zero-order valence-corrected chi connectivity index (χ0v) is 15.9. The van der Waals surface area contributed by atoms with Gasteiger partial charge in [0.05, 0.1) is 6.54 Å². The molecule has 5 nitrogen and oxygen atoms in total. The largest absolute Gasteiger partial charge is 0.376 e. The second-order valence-electron chi connectivity index (χ2n) is 6.61. The van der Waals surface area contributed by atoms with Gasteiger partial charge >= 0.3 is 0 Å². The fourth-order valence-electron chi connectivity index (χ4n) is 2.51. The fraction of sp³-hybridized carbons (Fsp3) is 0.600. The van der Waals surface area contributed by atoms with Crippen LogP contribution in [0.2, 0.25) is 0 Å². The lowest BCUT2D eigenvalue weighted by atomic mass is 10.1. The number of nitrogens with one attached hydrogen (secondary N) is 2. The van der Waals surface area contributed by atoms with E-state index in [1.165, 1.54) is 25.7 Å². The molecular formula is C20H33N3O2. The van der Waals surface area contributed by atoms with E-state index in [4.69, 9.17) is 0 Å². The molecule has 25 heavy (non-hydrogen) atoms. The molecule has 0 unspecified atom stereocenters. The molecule has 1 rings (SSSR count). The van der Waals surface area contributed by atoms with E-state index in [2.05, 4.69) is 17.6 Å². The van der Waals surface area contributed by atoms with Crippen molar-refractivity contribution < 1.29 is 9.59 Å². The zero-order valence-electron chi connectivity index (χ0n) is 15.9. The van der Waals surface area contributed by atoms with E-state index in [-0.39, 0.29) is 18.4 Å². The Morgan fingerprint density at radius 1 is 1.08 bits per heavy atom. The van der Waals surface area contributed by atoms with Gasteiger partial charge in [-0.25, -0.2) is 0 Å². The van der Waals surface area contributed by atoms with Crippen molar-refractivity contribution in [1.82, 2.24) is 10.2 Å². The Morgan fingerprint density at radius 2 is 1.84 bits per heavy atom. The van der Waals surface area contributed by atoms with Crippen LogP contribution in [0.15, 0.2) is 24.3 Å². The van der Waals surface area contributed by atoms with Crippen LogP contribution in [0.1, 0.15) is 51.0 Å². The minimum Gasteiger partial charge on any atom is -0.376 e. The Hall–Kier alpha value is -2.04. The van der Waals surface area contributed by atoms with Gasteiger partial charge in [0.25, 0.3) is 0 Å². The molecule has 0 aliphatic carbocycles. The SMILES string of the molecule is CCCCCCCNC(=O)CNc1cccc(CCC(=O)N(C)C)c1. The van der Waals surface area contributed by atoms with Crippen molar-refractivity contribution in [1.29, 1.82) is 0 Å². The number of aryl methyl sites for hydroxylation is 1. The Bertz CT molecular complexity index is 529. The predicted octanol–water partition coefficient (Wildman–Crippen LogP) is 3.21. The van der Waals surface area contributed by atoms with Gasteiger partial charge < -0.3 is 15.5 Å². The summed E-state index contributed by atoms with van der Waals surface area (Å²) in [6.45, 7) is 3.22. The molecule has 0 aromatic heterocycles. The van der Waals surface area contributed by atoms with E-state index in [0.29, 0.717) is 12.8 Å². The number of amides is 2. The van der Waals surface area contributed by atoms with E-state index in [0.717, 1.165) is 24.2 Å². The monoisotopic (exact) mass is 347 g/mol. The van der Waals surface area contributed by atoms with Crippen molar-refractivity contribution in [3.8, 4) is 0 Å². The van der Waals surface area contributed by atoms with Crippen LogP contribution in [0.5, 0.6) is 0 Å². The Kier molecular flexibility index (Phi) is 10.4. The predicted molar refractivity (Wildman–Crippen MR) is 104 cm³/mol. The van der Waals surface area contributed by atoms with Gasteiger partial charge in [0.2, 0.25) is 11.8 Å². The first-order chi connectivity index (χ1) is 12.0. The molecule has 0 saturated carbocycles. The van der Waals surface area contributed by atoms with Gasteiger partial charge in [-0.2, -0.15) is 0 Å². The van der Waals surface area contributed by atoms with Crippen molar-refractivity contribution in [2.24, 2.45) is 0 Å². The molecule has 1 aromatic rings. The maximum Gasteiger partial charge on any atom is 0.239 e. The van der Waals surface area contributed by atoms with Crippen molar-refractivity contribution in [3.63, 3.8) is 0 Å². The van der Waals surface area contributed by atoms with E-state index in [9.17, 15) is 9.59 Å². The van der Waals surface area contributed by atoms with Crippen molar-refractivity contribution in [2.45, 2.75) is 51.9 Å². The van der Waals surface area contributed by atoms with Crippen LogP contribution in [-0.4, -0.2) is 43.9 Å². The summed E-state index contributed by atoms with van der Waals surface area (Å²) in [5.74, 6) is 0.139. The Morgan fingerprint density at radius 3 is 2.56 bits per heavy atom. The first-order valence-electron chi connectivity index (χ1n) is 9.32. The molecule has 1 aromatic carbocycles. The van der Waals surface area contributed by atoms with Crippen LogP contribution >= 0.6 is 0 Å². The number of hydrogen-bond donors (Lipinski definition) is 2. The highest BCUT2D eigenvalue weighted by Crippen LogP contribution is 2.12. The van der Waals surface area contributed by atoms with Crippen LogP contribution in [0.4, 0.5) is 5.69 Å². The number of carbonyl (C=O) groups is 2. The summed E-state index contributed by atoms with van der Waals surface area (Å²) in [7, 11) is 3.53. The number of anilines is 1. The number of benzene rings is 1. The molecule has 5 heteroatoms. The van der Waals surface area contributed by atoms with Crippen LogP contribution < -0.4 is 10.6 Å². The summed E-state index contributed by atoms with van der Waals surface area (Å²) in [5.41, 5.74) is 2.00. The molecule has 0 spiro atoms.